The second-order valence-corrected chi connectivity index (χ2v) is 7.13. The van der Waals surface area contributed by atoms with E-state index in [4.69, 9.17) is 9.94 Å². The van der Waals surface area contributed by atoms with Gasteiger partial charge in [0.25, 0.3) is 0 Å². The van der Waals surface area contributed by atoms with Crippen LogP contribution in [0.2, 0.25) is 0 Å². The number of benzene rings is 1. The topological polar surface area (TPSA) is 105 Å². The third-order valence-corrected chi connectivity index (χ3v) is 4.42. The number of oxime groups is 1. The van der Waals surface area contributed by atoms with Gasteiger partial charge in [-0.1, -0.05) is 56.3 Å². The van der Waals surface area contributed by atoms with Crippen molar-refractivity contribution < 1.29 is 24.3 Å². The molecule has 1 amide bonds. The van der Waals surface area contributed by atoms with E-state index >= 15 is 0 Å². The number of ether oxygens (including phenoxy) is 1. The van der Waals surface area contributed by atoms with Gasteiger partial charge < -0.3 is 15.3 Å². The van der Waals surface area contributed by atoms with Gasteiger partial charge in [0, 0.05) is 18.8 Å². The number of methoxy groups -OCH3 is 1. The van der Waals surface area contributed by atoms with Crippen LogP contribution in [0.3, 0.4) is 0 Å². The average Bonchev–Trinajstić information content (AvgIpc) is 2.67. The Morgan fingerprint density at radius 2 is 1.82 bits per heavy atom. The molecule has 0 fully saturated rings. The van der Waals surface area contributed by atoms with Crippen LogP contribution in [0.4, 0.5) is 0 Å². The molecule has 2 atom stereocenters. The van der Waals surface area contributed by atoms with Gasteiger partial charge in [-0.2, -0.15) is 0 Å². The lowest BCUT2D eigenvalue weighted by molar-refractivity contribution is -0.145. The highest BCUT2D eigenvalue weighted by atomic mass is 16.5. The first-order valence-corrected chi connectivity index (χ1v) is 9.48. The van der Waals surface area contributed by atoms with Crippen LogP contribution >= 0.6 is 0 Å². The predicted octanol–water partition coefficient (Wildman–Crippen LogP) is 2.75. The molecule has 0 bridgehead atoms. The van der Waals surface area contributed by atoms with E-state index in [-0.39, 0.29) is 36.2 Å². The Hall–Kier alpha value is -2.70. The van der Waals surface area contributed by atoms with Gasteiger partial charge in [0.05, 0.1) is 7.11 Å². The molecule has 0 heterocycles. The van der Waals surface area contributed by atoms with Crippen molar-refractivity contribution in [2.24, 2.45) is 17.0 Å². The van der Waals surface area contributed by atoms with Crippen molar-refractivity contribution in [3.8, 4) is 0 Å². The second kappa shape index (κ2) is 11.9. The van der Waals surface area contributed by atoms with Crippen LogP contribution in [-0.2, 0) is 25.5 Å². The van der Waals surface area contributed by atoms with Crippen molar-refractivity contribution in [1.29, 1.82) is 0 Å². The summed E-state index contributed by atoms with van der Waals surface area (Å²) in [7, 11) is 1.27. The van der Waals surface area contributed by atoms with Crippen molar-refractivity contribution in [3.63, 3.8) is 0 Å². The van der Waals surface area contributed by atoms with Crippen molar-refractivity contribution in [2.75, 3.05) is 7.11 Å². The fraction of sp³-hybridized carbons (Fsp3) is 0.524. The molecule has 1 aromatic rings. The van der Waals surface area contributed by atoms with Crippen molar-refractivity contribution in [3.05, 3.63) is 35.9 Å². The zero-order valence-corrected chi connectivity index (χ0v) is 17.0. The Kier molecular flexibility index (Phi) is 9.92. The molecule has 154 valence electrons. The fourth-order valence-electron chi connectivity index (χ4n) is 2.99. The van der Waals surface area contributed by atoms with Crippen LogP contribution in [0, 0.1) is 11.8 Å². The first kappa shape index (κ1) is 23.3. The number of rotatable bonds is 11. The molecule has 1 aromatic carbocycles. The molecular weight excluding hydrogens is 360 g/mol. The van der Waals surface area contributed by atoms with Gasteiger partial charge in [0.15, 0.2) is 5.78 Å². The molecule has 0 aromatic heterocycles. The molecule has 0 radical (unpaired) electrons. The molecule has 2 N–H and O–H groups in total. The van der Waals surface area contributed by atoms with E-state index < -0.39 is 17.9 Å². The van der Waals surface area contributed by atoms with E-state index in [1.165, 1.54) is 7.11 Å². The maximum absolute atomic E-state index is 12.9. The molecule has 7 nitrogen and oxygen atoms in total. The van der Waals surface area contributed by atoms with Crippen molar-refractivity contribution >= 4 is 23.4 Å². The predicted molar refractivity (Wildman–Crippen MR) is 106 cm³/mol. The highest BCUT2D eigenvalue weighted by molar-refractivity contribution is 6.39. The lowest BCUT2D eigenvalue weighted by Crippen LogP contribution is -2.46. The molecule has 0 aliphatic carbocycles. The summed E-state index contributed by atoms with van der Waals surface area (Å²) in [6, 6.07) is 8.46. The van der Waals surface area contributed by atoms with Gasteiger partial charge in [-0.3, -0.25) is 9.59 Å². The lowest BCUT2D eigenvalue weighted by atomic mass is 9.89. The van der Waals surface area contributed by atoms with Crippen LogP contribution in [0.5, 0.6) is 0 Å². The van der Waals surface area contributed by atoms with E-state index in [0.717, 1.165) is 5.56 Å². The number of carbonyl (C=O) groups excluding carboxylic acids is 3. The first-order chi connectivity index (χ1) is 13.3. The monoisotopic (exact) mass is 390 g/mol. The minimum absolute atomic E-state index is 0.0374. The molecule has 0 saturated heterocycles. The quantitative estimate of drug-likeness (QED) is 0.262. The van der Waals surface area contributed by atoms with Crippen LogP contribution in [0.15, 0.2) is 35.5 Å². The normalized spacial score (nSPS) is 13.7. The van der Waals surface area contributed by atoms with Crippen LogP contribution in [-0.4, -0.2) is 41.7 Å². The molecule has 0 saturated carbocycles. The third kappa shape index (κ3) is 7.50. The number of nitrogens with one attached hydrogen (secondary N) is 1. The Bertz CT molecular complexity index is 685. The van der Waals surface area contributed by atoms with Gasteiger partial charge in [-0.15, -0.1) is 0 Å². The Morgan fingerprint density at radius 3 is 2.32 bits per heavy atom. The molecule has 7 heteroatoms. The van der Waals surface area contributed by atoms with Crippen LogP contribution in [0.25, 0.3) is 0 Å². The zero-order chi connectivity index (χ0) is 21.1. The SMILES string of the molecule is CC/C(=N\O)C(=O)C[C@@H](CC(C)C)C(=O)N[C@@H](Cc1ccccc1)C(=O)OC. The standard InChI is InChI=1S/C21H30N2O5/c1-5-17(23-27)19(24)13-16(11-14(2)3)20(25)22-18(21(26)28-4)12-15-9-7-6-8-10-15/h6-10,14,16,18,27H,5,11-13H2,1-4H3,(H,22,25)/b23-17+/t16-,18+/m1/s1. The first-order valence-electron chi connectivity index (χ1n) is 9.48. The van der Waals surface area contributed by atoms with Crippen molar-refractivity contribution in [1.82, 2.24) is 5.32 Å². The molecule has 0 spiro atoms. The molecule has 0 aliphatic rings. The number of hydrogen-bond donors (Lipinski definition) is 2. The summed E-state index contributed by atoms with van der Waals surface area (Å²) in [4.78, 5) is 37.3. The summed E-state index contributed by atoms with van der Waals surface area (Å²) in [6.07, 6.45) is 0.972. The summed E-state index contributed by atoms with van der Waals surface area (Å²) in [5, 5.41) is 14.7. The summed E-state index contributed by atoms with van der Waals surface area (Å²) in [5.74, 6) is -1.76. The number of ketones is 1. The number of carbonyl (C=O) groups is 3. The van der Waals surface area contributed by atoms with Crippen LogP contribution in [0.1, 0.15) is 45.6 Å². The molecule has 0 unspecified atom stereocenters. The van der Waals surface area contributed by atoms with Gasteiger partial charge in [0.2, 0.25) is 5.91 Å². The van der Waals surface area contributed by atoms with Gasteiger partial charge in [-0.25, -0.2) is 4.79 Å². The Balaban J connectivity index is 2.94. The van der Waals surface area contributed by atoms with E-state index in [9.17, 15) is 14.4 Å². The van der Waals surface area contributed by atoms with Gasteiger partial charge in [-0.05, 0) is 24.3 Å². The Labute approximate surface area is 166 Å². The zero-order valence-electron chi connectivity index (χ0n) is 17.0. The summed E-state index contributed by atoms with van der Waals surface area (Å²) in [6.45, 7) is 5.61. The molecular formula is C21H30N2O5. The highest BCUT2D eigenvalue weighted by Crippen LogP contribution is 2.18. The number of esters is 1. The minimum Gasteiger partial charge on any atom is -0.467 e. The largest absolute Gasteiger partial charge is 0.467 e. The third-order valence-electron chi connectivity index (χ3n) is 4.42. The maximum atomic E-state index is 12.9. The number of amides is 1. The molecule has 0 aliphatic heterocycles. The van der Waals surface area contributed by atoms with E-state index in [2.05, 4.69) is 10.5 Å². The second-order valence-electron chi connectivity index (χ2n) is 7.13. The summed E-state index contributed by atoms with van der Waals surface area (Å²) >= 11 is 0. The minimum atomic E-state index is -0.846. The van der Waals surface area contributed by atoms with Gasteiger partial charge in [0.1, 0.15) is 11.8 Å². The average molecular weight is 390 g/mol. The molecule has 1 rings (SSSR count). The maximum Gasteiger partial charge on any atom is 0.328 e. The van der Waals surface area contributed by atoms with E-state index in [1.807, 2.05) is 44.2 Å². The lowest BCUT2D eigenvalue weighted by Gasteiger charge is -2.22. The Morgan fingerprint density at radius 1 is 1.18 bits per heavy atom. The highest BCUT2D eigenvalue weighted by Gasteiger charge is 2.29. The number of Topliss-reactive ketones (excluding diaryl/α,β-unsaturated/α-hetero) is 1. The summed E-state index contributed by atoms with van der Waals surface area (Å²) < 4.78 is 4.83. The van der Waals surface area contributed by atoms with E-state index in [1.54, 1.807) is 6.92 Å². The van der Waals surface area contributed by atoms with Crippen molar-refractivity contribution in [2.45, 2.75) is 52.5 Å². The number of hydrogen-bond acceptors (Lipinski definition) is 6. The van der Waals surface area contributed by atoms with E-state index in [0.29, 0.717) is 12.8 Å². The summed E-state index contributed by atoms with van der Waals surface area (Å²) in [5.41, 5.74) is 0.922. The molecule has 28 heavy (non-hydrogen) atoms. The fourth-order valence-corrected chi connectivity index (χ4v) is 2.99. The van der Waals surface area contributed by atoms with Gasteiger partial charge >= 0.3 is 5.97 Å². The smallest absolute Gasteiger partial charge is 0.328 e. The number of nitrogens with zero attached hydrogens (tertiary/aromatic N) is 1. The van der Waals surface area contributed by atoms with Crippen LogP contribution < -0.4 is 5.32 Å².